The van der Waals surface area contributed by atoms with Crippen LogP contribution in [0.2, 0.25) is 0 Å². The molecule has 2 aromatic carbocycles. The van der Waals surface area contributed by atoms with Gasteiger partial charge in [0.15, 0.2) is 11.6 Å². The van der Waals surface area contributed by atoms with E-state index in [0.717, 1.165) is 49.6 Å². The van der Waals surface area contributed by atoms with E-state index in [2.05, 4.69) is 28.0 Å². The van der Waals surface area contributed by atoms with Crippen LogP contribution >= 0.6 is 0 Å². The molecule has 0 atom stereocenters. The number of amides is 1. The second-order valence-electron chi connectivity index (χ2n) is 8.05. The third kappa shape index (κ3) is 3.37. The van der Waals surface area contributed by atoms with Crippen molar-refractivity contribution in [3.05, 3.63) is 88.6 Å². The Morgan fingerprint density at radius 1 is 1.00 bits per heavy atom. The number of carbonyl (C=O) groups excluding carboxylic acids is 1. The van der Waals surface area contributed by atoms with Gasteiger partial charge in [-0.05, 0) is 35.8 Å². The average Bonchev–Trinajstić information content (AvgIpc) is 3.24. The molecule has 1 N–H and O–H groups in total. The number of hydrogen-bond acceptors (Lipinski definition) is 4. The molecule has 30 heavy (non-hydrogen) atoms. The van der Waals surface area contributed by atoms with Crippen LogP contribution in [0.3, 0.4) is 0 Å². The minimum Gasteiger partial charge on any atom is -0.505 e. The highest BCUT2D eigenvalue weighted by molar-refractivity contribution is 5.97. The molecule has 2 aromatic rings. The highest BCUT2D eigenvalue weighted by Crippen LogP contribution is 2.37. The first kappa shape index (κ1) is 18.9. The smallest absolute Gasteiger partial charge is 0.258 e. The zero-order valence-corrected chi connectivity index (χ0v) is 16.7. The summed E-state index contributed by atoms with van der Waals surface area (Å²) in [6.07, 6.45) is 3.86. The van der Waals surface area contributed by atoms with Gasteiger partial charge in [0.1, 0.15) is 5.82 Å². The van der Waals surface area contributed by atoms with Crippen molar-refractivity contribution in [2.45, 2.75) is 25.9 Å². The molecule has 0 bridgehead atoms. The van der Waals surface area contributed by atoms with Gasteiger partial charge in [0, 0.05) is 38.3 Å². The first-order chi connectivity index (χ1) is 14.6. The van der Waals surface area contributed by atoms with Gasteiger partial charge in [-0.25, -0.2) is 4.39 Å². The lowest BCUT2D eigenvalue weighted by Gasteiger charge is -2.43. The molecule has 3 aliphatic rings. The highest BCUT2D eigenvalue weighted by atomic mass is 19.1. The number of rotatable bonds is 4. The molecule has 0 aromatic heterocycles. The van der Waals surface area contributed by atoms with Crippen LogP contribution in [0.25, 0.3) is 0 Å². The van der Waals surface area contributed by atoms with Gasteiger partial charge in [-0.3, -0.25) is 14.6 Å². The third-order valence-electron chi connectivity index (χ3n) is 6.06. The molecule has 6 heteroatoms. The number of fused-ring (bicyclic) bond motifs is 2. The van der Waals surface area contributed by atoms with Gasteiger partial charge < -0.3 is 10.0 Å². The van der Waals surface area contributed by atoms with Gasteiger partial charge in [0.25, 0.3) is 5.91 Å². The van der Waals surface area contributed by atoms with Gasteiger partial charge in [-0.2, -0.15) is 0 Å². The lowest BCUT2D eigenvalue weighted by atomic mass is 9.99. The molecule has 0 aliphatic carbocycles. The Hall–Kier alpha value is -3.12. The fourth-order valence-electron chi connectivity index (χ4n) is 4.61. The van der Waals surface area contributed by atoms with Gasteiger partial charge in [0.05, 0.1) is 12.1 Å². The van der Waals surface area contributed by atoms with E-state index >= 15 is 0 Å². The minimum atomic E-state index is -0.653. The van der Waals surface area contributed by atoms with E-state index in [1.165, 1.54) is 17.7 Å². The van der Waals surface area contributed by atoms with Crippen LogP contribution in [0, 0.1) is 5.82 Å². The Labute approximate surface area is 175 Å². The number of hydrogen-bond donors (Lipinski definition) is 1. The number of phenols is 1. The Balaban J connectivity index is 1.41. The van der Waals surface area contributed by atoms with Crippen molar-refractivity contribution < 1.29 is 14.3 Å². The monoisotopic (exact) mass is 405 g/mol. The Bertz CT molecular complexity index is 1050. The van der Waals surface area contributed by atoms with Crippen LogP contribution in [-0.4, -0.2) is 45.3 Å². The normalized spacial score (nSPS) is 19.1. The van der Waals surface area contributed by atoms with Crippen molar-refractivity contribution in [2.24, 2.45) is 0 Å². The first-order valence-electron chi connectivity index (χ1n) is 10.4. The standard InChI is InChI=1S/C24H24FN3O2/c25-20-9-8-18(13-22(20)29)15-28-23-7-4-11-27(23)21-10-12-26(16-19(21)24(28)30)14-17-5-2-1-3-6-17/h1-3,5-9,13,29H,4,10-12,14-16H2. The van der Waals surface area contributed by atoms with Crippen LogP contribution in [-0.2, 0) is 17.9 Å². The van der Waals surface area contributed by atoms with Crippen LogP contribution < -0.4 is 0 Å². The topological polar surface area (TPSA) is 47.0 Å². The molecule has 0 spiro atoms. The predicted molar refractivity (Wildman–Crippen MR) is 111 cm³/mol. The summed E-state index contributed by atoms with van der Waals surface area (Å²) >= 11 is 0. The van der Waals surface area contributed by atoms with Gasteiger partial charge in [-0.15, -0.1) is 0 Å². The molecule has 0 fully saturated rings. The summed E-state index contributed by atoms with van der Waals surface area (Å²) < 4.78 is 13.4. The highest BCUT2D eigenvalue weighted by Gasteiger charge is 2.39. The SMILES string of the molecule is O=C1C2=C(CCN(Cc3ccccc3)C2)N2CCC=C2N1Cc1ccc(F)c(O)c1. The summed E-state index contributed by atoms with van der Waals surface area (Å²) in [6, 6.07) is 14.6. The molecule has 1 amide bonds. The Morgan fingerprint density at radius 3 is 2.63 bits per heavy atom. The Kier molecular flexibility index (Phi) is 4.79. The fraction of sp³-hybridized carbons (Fsp3) is 0.292. The molecule has 0 saturated heterocycles. The summed E-state index contributed by atoms with van der Waals surface area (Å²) in [5.41, 5.74) is 3.94. The zero-order valence-electron chi connectivity index (χ0n) is 16.7. The summed E-state index contributed by atoms with van der Waals surface area (Å²) in [5.74, 6) is -0.116. The number of aromatic hydroxyl groups is 1. The summed E-state index contributed by atoms with van der Waals surface area (Å²) in [4.78, 5) is 19.8. The molecule has 5 nitrogen and oxygen atoms in total. The molecule has 3 heterocycles. The molecule has 0 unspecified atom stereocenters. The van der Waals surface area contributed by atoms with E-state index in [4.69, 9.17) is 0 Å². The van der Waals surface area contributed by atoms with E-state index < -0.39 is 5.82 Å². The van der Waals surface area contributed by atoms with Gasteiger partial charge >= 0.3 is 0 Å². The maximum Gasteiger partial charge on any atom is 0.258 e. The van der Waals surface area contributed by atoms with Crippen molar-refractivity contribution in [3.63, 3.8) is 0 Å². The summed E-state index contributed by atoms with van der Waals surface area (Å²) in [6.45, 7) is 3.56. The van der Waals surface area contributed by atoms with E-state index in [1.54, 1.807) is 11.0 Å². The van der Waals surface area contributed by atoms with Crippen molar-refractivity contribution >= 4 is 5.91 Å². The molecular weight excluding hydrogens is 381 g/mol. The largest absolute Gasteiger partial charge is 0.505 e. The molecular formula is C24H24FN3O2. The fourth-order valence-corrected chi connectivity index (χ4v) is 4.61. The van der Waals surface area contributed by atoms with Crippen molar-refractivity contribution in [1.29, 1.82) is 0 Å². The number of carbonyl (C=O) groups is 1. The van der Waals surface area contributed by atoms with E-state index in [1.807, 2.05) is 18.2 Å². The maximum absolute atomic E-state index is 13.5. The number of halogens is 1. The maximum atomic E-state index is 13.5. The number of benzene rings is 2. The van der Waals surface area contributed by atoms with Gasteiger partial charge in [0.2, 0.25) is 0 Å². The van der Waals surface area contributed by atoms with E-state index in [-0.39, 0.29) is 11.7 Å². The molecule has 0 saturated carbocycles. The summed E-state index contributed by atoms with van der Waals surface area (Å²) in [5, 5.41) is 9.73. The molecule has 154 valence electrons. The number of phenolic OH excluding ortho intramolecular Hbond substituents is 1. The summed E-state index contributed by atoms with van der Waals surface area (Å²) in [7, 11) is 0. The van der Waals surface area contributed by atoms with E-state index in [9.17, 15) is 14.3 Å². The first-order valence-corrected chi connectivity index (χ1v) is 10.4. The van der Waals surface area contributed by atoms with Crippen LogP contribution in [0.15, 0.2) is 71.7 Å². The zero-order chi connectivity index (χ0) is 20.7. The van der Waals surface area contributed by atoms with Crippen molar-refractivity contribution in [1.82, 2.24) is 14.7 Å². The van der Waals surface area contributed by atoms with E-state index in [0.29, 0.717) is 18.7 Å². The second kappa shape index (κ2) is 7.61. The predicted octanol–water partition coefficient (Wildman–Crippen LogP) is 3.58. The number of nitrogens with zero attached hydrogens (tertiary/aromatic N) is 3. The molecule has 5 rings (SSSR count). The van der Waals surface area contributed by atoms with Gasteiger partial charge in [-0.1, -0.05) is 36.4 Å². The average molecular weight is 405 g/mol. The third-order valence-corrected chi connectivity index (χ3v) is 6.06. The minimum absolute atomic E-state index is 0.0102. The lowest BCUT2D eigenvalue weighted by molar-refractivity contribution is -0.128. The molecule has 3 aliphatic heterocycles. The quantitative estimate of drug-likeness (QED) is 0.845. The van der Waals surface area contributed by atoms with Crippen LogP contribution in [0.1, 0.15) is 24.0 Å². The van der Waals surface area contributed by atoms with Crippen LogP contribution in [0.5, 0.6) is 5.75 Å². The molecule has 0 radical (unpaired) electrons. The lowest BCUT2D eigenvalue weighted by Crippen LogP contribution is -2.48. The van der Waals surface area contributed by atoms with Crippen molar-refractivity contribution in [2.75, 3.05) is 19.6 Å². The Morgan fingerprint density at radius 2 is 1.83 bits per heavy atom. The second-order valence-corrected chi connectivity index (χ2v) is 8.05. The van der Waals surface area contributed by atoms with Crippen LogP contribution in [0.4, 0.5) is 4.39 Å². The van der Waals surface area contributed by atoms with Crippen molar-refractivity contribution in [3.8, 4) is 5.75 Å².